The summed E-state index contributed by atoms with van der Waals surface area (Å²) in [6.07, 6.45) is 2.92. The van der Waals surface area contributed by atoms with E-state index < -0.39 is 5.79 Å². The zero-order valence-electron chi connectivity index (χ0n) is 13.1. The molecule has 0 radical (unpaired) electrons. The van der Waals surface area contributed by atoms with E-state index in [1.165, 1.54) is 0 Å². The molecule has 4 rings (SSSR count). The van der Waals surface area contributed by atoms with Gasteiger partial charge in [-0.2, -0.15) is 4.98 Å². The number of nitrogens with zero attached hydrogens (tertiary/aromatic N) is 3. The molecule has 2 aromatic rings. The van der Waals surface area contributed by atoms with E-state index in [4.69, 9.17) is 26.8 Å². The molecule has 2 aliphatic rings. The number of nitrogen functional groups attached to an aromatic ring is 1. The zero-order chi connectivity index (χ0) is 17.2. The number of aldehydes is 1. The van der Waals surface area contributed by atoms with Crippen LogP contribution in [0.1, 0.15) is 26.3 Å². The van der Waals surface area contributed by atoms with E-state index >= 15 is 0 Å². The Labute approximate surface area is 151 Å². The third-order valence-corrected chi connectivity index (χ3v) is 5.41. The van der Waals surface area contributed by atoms with E-state index in [9.17, 15) is 4.79 Å². The summed E-state index contributed by atoms with van der Waals surface area (Å²) < 4.78 is 14.7. The fourth-order valence-corrected chi connectivity index (χ4v) is 4.52. The number of carbonyl (C=O) groups excluding carboxylic acids is 1. The van der Waals surface area contributed by atoms with E-state index in [1.807, 2.05) is 24.6 Å². The lowest BCUT2D eigenvalue weighted by molar-refractivity contribution is -0.160. The van der Waals surface area contributed by atoms with Gasteiger partial charge in [-0.25, -0.2) is 4.98 Å². The summed E-state index contributed by atoms with van der Waals surface area (Å²) in [4.78, 5) is 19.8. The van der Waals surface area contributed by atoms with Gasteiger partial charge in [0.2, 0.25) is 5.28 Å². The fraction of sp³-hybridized carbons (Fsp3) is 0.533. The van der Waals surface area contributed by atoms with Crippen molar-refractivity contribution in [3.63, 3.8) is 0 Å². The summed E-state index contributed by atoms with van der Waals surface area (Å²) >= 11 is 9.48. The first-order valence-corrected chi connectivity index (χ1v) is 8.78. The van der Waals surface area contributed by atoms with Gasteiger partial charge in [0.1, 0.15) is 23.9 Å². The number of nitrogens with two attached hydrogens (primary N) is 1. The first kappa shape index (κ1) is 16.3. The van der Waals surface area contributed by atoms with Crippen LogP contribution in [0.15, 0.2) is 10.7 Å². The average molecular weight is 416 g/mol. The first-order valence-electron chi connectivity index (χ1n) is 7.60. The highest BCUT2D eigenvalue weighted by Crippen LogP contribution is 2.47. The van der Waals surface area contributed by atoms with Crippen LogP contribution in [0.5, 0.6) is 0 Å². The molecule has 4 atom stereocenters. The van der Waals surface area contributed by atoms with E-state index in [1.54, 1.807) is 0 Å². The minimum atomic E-state index is -0.721. The van der Waals surface area contributed by atoms with E-state index in [-0.39, 0.29) is 29.5 Å². The van der Waals surface area contributed by atoms with Gasteiger partial charge in [0, 0.05) is 16.6 Å². The van der Waals surface area contributed by atoms with Crippen LogP contribution in [-0.2, 0) is 14.3 Å². The van der Waals surface area contributed by atoms with E-state index in [0.717, 1.165) is 10.8 Å². The Morgan fingerprint density at radius 2 is 2.12 bits per heavy atom. The molecule has 1 unspecified atom stereocenters. The molecule has 0 bridgehead atoms. The van der Waals surface area contributed by atoms with Crippen LogP contribution < -0.4 is 5.73 Å². The molecule has 1 aliphatic carbocycles. The van der Waals surface area contributed by atoms with Crippen molar-refractivity contribution in [2.24, 2.45) is 5.92 Å². The van der Waals surface area contributed by atoms with Crippen molar-refractivity contribution in [1.29, 1.82) is 0 Å². The number of hydrogen-bond donors (Lipinski definition) is 1. The second-order valence-electron chi connectivity index (χ2n) is 6.63. The standard InChI is InChI=1S/C15H16BrClN4O3/c1-15(2)23-10-6(5-22)3-8(11(10)24-15)21-4-7(16)9-12(18)19-14(17)20-13(9)21/h4-6,8,10-11H,3H2,1-2H3,(H2,18,19,20)/t6?,8-,10-,11+/m1/s1. The highest BCUT2D eigenvalue weighted by atomic mass is 79.9. The highest BCUT2D eigenvalue weighted by Gasteiger charge is 2.54. The molecule has 2 N–H and O–H groups in total. The van der Waals surface area contributed by atoms with Crippen LogP contribution in [0.25, 0.3) is 11.0 Å². The molecular formula is C15H16BrClN4O3. The SMILES string of the molecule is CC1(C)O[C@@H]2[C@H](O1)C(C=O)C[C@H]2n1cc(Br)c2c(N)nc(Cl)nc21. The number of hydrogen-bond acceptors (Lipinski definition) is 6. The number of anilines is 1. The summed E-state index contributed by atoms with van der Waals surface area (Å²) in [6.45, 7) is 3.70. The van der Waals surface area contributed by atoms with Crippen LogP contribution in [0.4, 0.5) is 5.82 Å². The minimum absolute atomic E-state index is 0.0808. The summed E-state index contributed by atoms with van der Waals surface area (Å²) in [7, 11) is 0. The van der Waals surface area contributed by atoms with Crippen molar-refractivity contribution in [3.8, 4) is 0 Å². The monoisotopic (exact) mass is 414 g/mol. The van der Waals surface area contributed by atoms with Crippen LogP contribution in [0.3, 0.4) is 0 Å². The molecule has 3 heterocycles. The summed E-state index contributed by atoms with van der Waals surface area (Å²) in [5, 5.41) is 0.779. The van der Waals surface area contributed by atoms with Crippen molar-refractivity contribution in [2.45, 2.75) is 44.3 Å². The molecule has 24 heavy (non-hydrogen) atoms. The Kier molecular flexibility index (Phi) is 3.65. The molecule has 0 spiro atoms. The first-order chi connectivity index (χ1) is 11.3. The van der Waals surface area contributed by atoms with Gasteiger partial charge in [0.05, 0.1) is 17.5 Å². The van der Waals surface area contributed by atoms with Gasteiger partial charge in [0.25, 0.3) is 0 Å². The van der Waals surface area contributed by atoms with E-state index in [0.29, 0.717) is 23.3 Å². The lowest BCUT2D eigenvalue weighted by atomic mass is 10.1. The second-order valence-corrected chi connectivity index (χ2v) is 7.82. The predicted octanol–water partition coefficient (Wildman–Crippen LogP) is 2.71. The topological polar surface area (TPSA) is 92.3 Å². The van der Waals surface area contributed by atoms with Crippen LogP contribution >= 0.6 is 27.5 Å². The summed E-state index contributed by atoms with van der Waals surface area (Å²) in [5.74, 6) is -0.644. The average Bonchev–Trinajstić information content (AvgIpc) is 3.07. The molecule has 0 amide bonds. The molecule has 0 aromatic carbocycles. The maximum atomic E-state index is 11.5. The Hall–Kier alpha value is -1.22. The number of aromatic nitrogens is 3. The van der Waals surface area contributed by atoms with Crippen molar-refractivity contribution in [1.82, 2.24) is 14.5 Å². The Bertz CT molecular complexity index is 840. The number of ether oxygens (including phenoxy) is 2. The molecule has 7 nitrogen and oxygen atoms in total. The van der Waals surface area contributed by atoms with Crippen molar-refractivity contribution in [3.05, 3.63) is 16.0 Å². The van der Waals surface area contributed by atoms with Crippen LogP contribution in [0.2, 0.25) is 5.28 Å². The molecule has 128 valence electrons. The smallest absolute Gasteiger partial charge is 0.226 e. The molecule has 1 aliphatic heterocycles. The molecule has 1 saturated heterocycles. The third kappa shape index (κ3) is 2.35. The fourth-order valence-electron chi connectivity index (χ4n) is 3.75. The van der Waals surface area contributed by atoms with Crippen LogP contribution in [0, 0.1) is 5.92 Å². The minimum Gasteiger partial charge on any atom is -0.383 e. The summed E-state index contributed by atoms with van der Waals surface area (Å²) in [6, 6.07) is -0.105. The normalized spacial score (nSPS) is 31.5. The highest BCUT2D eigenvalue weighted by molar-refractivity contribution is 9.10. The number of carbonyl (C=O) groups is 1. The molecule has 1 saturated carbocycles. The zero-order valence-corrected chi connectivity index (χ0v) is 15.4. The Balaban J connectivity index is 1.84. The van der Waals surface area contributed by atoms with Gasteiger partial charge < -0.3 is 24.6 Å². The van der Waals surface area contributed by atoms with Gasteiger partial charge >= 0.3 is 0 Å². The van der Waals surface area contributed by atoms with Crippen molar-refractivity contribution >= 4 is 50.7 Å². The van der Waals surface area contributed by atoms with Gasteiger partial charge in [-0.05, 0) is 47.8 Å². The van der Waals surface area contributed by atoms with Crippen LogP contribution in [-0.4, -0.2) is 38.8 Å². The van der Waals surface area contributed by atoms with Crippen molar-refractivity contribution < 1.29 is 14.3 Å². The van der Waals surface area contributed by atoms with E-state index in [2.05, 4.69) is 25.9 Å². The molecule has 2 fully saturated rings. The molecule has 2 aromatic heterocycles. The number of fused-ring (bicyclic) bond motifs is 2. The third-order valence-electron chi connectivity index (χ3n) is 4.64. The molecular weight excluding hydrogens is 400 g/mol. The predicted molar refractivity (Wildman–Crippen MR) is 91.7 cm³/mol. The lowest BCUT2D eigenvalue weighted by Crippen LogP contribution is -2.27. The Morgan fingerprint density at radius 3 is 2.83 bits per heavy atom. The lowest BCUT2D eigenvalue weighted by Gasteiger charge is -2.23. The van der Waals surface area contributed by atoms with Gasteiger partial charge in [0.15, 0.2) is 5.79 Å². The molecule has 9 heteroatoms. The van der Waals surface area contributed by atoms with Gasteiger partial charge in [-0.3, -0.25) is 0 Å². The van der Waals surface area contributed by atoms with Gasteiger partial charge in [-0.15, -0.1) is 0 Å². The number of rotatable bonds is 2. The quantitative estimate of drug-likeness (QED) is 0.599. The maximum absolute atomic E-state index is 11.5. The second kappa shape index (κ2) is 5.39. The maximum Gasteiger partial charge on any atom is 0.226 e. The summed E-state index contributed by atoms with van der Waals surface area (Å²) in [5.41, 5.74) is 6.60. The largest absolute Gasteiger partial charge is 0.383 e. The number of halogens is 2. The van der Waals surface area contributed by atoms with Gasteiger partial charge in [-0.1, -0.05) is 0 Å². The Morgan fingerprint density at radius 1 is 1.42 bits per heavy atom. The van der Waals surface area contributed by atoms with Crippen molar-refractivity contribution in [2.75, 3.05) is 5.73 Å².